The number of hydrogen-bond acceptors (Lipinski definition) is 4. The molecule has 0 bridgehead atoms. The maximum absolute atomic E-state index is 12.6. The van der Waals surface area contributed by atoms with Crippen LogP contribution in [-0.2, 0) is 9.53 Å². The van der Waals surface area contributed by atoms with E-state index in [4.69, 9.17) is 9.73 Å². The molecule has 166 valence electrons. The molecule has 4 aromatic rings. The Morgan fingerprint density at radius 3 is 2.03 bits per heavy atom. The lowest BCUT2D eigenvalue weighted by molar-refractivity contribution is -0.153. The van der Waals surface area contributed by atoms with Gasteiger partial charge in [0.1, 0.15) is 12.6 Å². The first-order valence-corrected chi connectivity index (χ1v) is 11.1. The minimum Gasteiger partial charge on any atom is -0.463 e. The fourth-order valence-corrected chi connectivity index (χ4v) is 3.64. The van der Waals surface area contributed by atoms with E-state index in [2.05, 4.69) is 29.2 Å². The summed E-state index contributed by atoms with van der Waals surface area (Å²) < 4.78 is 5.78. The fraction of sp³-hybridized carbons (Fsp3) is 0.207. The SMILES string of the molecule is CC(C)(C)C(=O)OCC(N=C(c1ccccc1)c1ccccc1)c1ccnc2ccccc12. The van der Waals surface area contributed by atoms with Crippen molar-refractivity contribution in [3.05, 3.63) is 114 Å². The van der Waals surface area contributed by atoms with E-state index in [1.807, 2.05) is 87.5 Å². The lowest BCUT2D eigenvalue weighted by Crippen LogP contribution is -2.25. The van der Waals surface area contributed by atoms with Gasteiger partial charge in [0.2, 0.25) is 0 Å². The summed E-state index contributed by atoms with van der Waals surface area (Å²) in [4.78, 5) is 22.3. The van der Waals surface area contributed by atoms with Gasteiger partial charge in [-0.15, -0.1) is 0 Å². The molecule has 0 N–H and O–H groups in total. The highest BCUT2D eigenvalue weighted by Gasteiger charge is 2.25. The summed E-state index contributed by atoms with van der Waals surface area (Å²) in [6, 6.07) is 29.8. The normalized spacial score (nSPS) is 12.2. The molecular weight excluding hydrogens is 408 g/mol. The molecule has 1 unspecified atom stereocenters. The number of carbonyl (C=O) groups excluding carboxylic acids is 1. The Bertz CT molecular complexity index is 1210. The molecule has 4 heteroatoms. The number of para-hydroxylation sites is 1. The van der Waals surface area contributed by atoms with Crippen LogP contribution in [0.2, 0.25) is 0 Å². The van der Waals surface area contributed by atoms with Gasteiger partial charge in [-0.3, -0.25) is 14.8 Å². The van der Waals surface area contributed by atoms with E-state index in [1.165, 1.54) is 0 Å². The average Bonchev–Trinajstić information content (AvgIpc) is 2.84. The Kier molecular flexibility index (Phi) is 6.64. The molecule has 0 spiro atoms. The second-order valence-corrected chi connectivity index (χ2v) is 8.99. The molecule has 1 aromatic heterocycles. The predicted octanol–water partition coefficient (Wildman–Crippen LogP) is 6.40. The number of rotatable bonds is 6. The van der Waals surface area contributed by atoms with E-state index in [1.54, 1.807) is 6.20 Å². The van der Waals surface area contributed by atoms with Gasteiger partial charge in [-0.2, -0.15) is 0 Å². The zero-order valence-corrected chi connectivity index (χ0v) is 19.2. The minimum absolute atomic E-state index is 0.146. The maximum atomic E-state index is 12.6. The van der Waals surface area contributed by atoms with Gasteiger partial charge in [-0.25, -0.2) is 0 Å². The second-order valence-electron chi connectivity index (χ2n) is 8.99. The van der Waals surface area contributed by atoms with E-state index >= 15 is 0 Å². The van der Waals surface area contributed by atoms with E-state index < -0.39 is 5.41 Å². The third-order valence-electron chi connectivity index (χ3n) is 5.41. The number of aliphatic imine (C=N–C) groups is 1. The van der Waals surface area contributed by atoms with Gasteiger partial charge in [0, 0.05) is 22.7 Å². The van der Waals surface area contributed by atoms with E-state index in [0.717, 1.165) is 33.3 Å². The molecule has 33 heavy (non-hydrogen) atoms. The van der Waals surface area contributed by atoms with E-state index in [9.17, 15) is 4.79 Å². The Labute approximate surface area is 195 Å². The van der Waals surface area contributed by atoms with Crippen molar-refractivity contribution in [3.8, 4) is 0 Å². The van der Waals surface area contributed by atoms with Crippen molar-refractivity contribution in [2.45, 2.75) is 26.8 Å². The Balaban J connectivity index is 1.85. The largest absolute Gasteiger partial charge is 0.463 e. The number of hydrogen-bond donors (Lipinski definition) is 0. The molecule has 0 saturated heterocycles. The molecule has 0 aliphatic heterocycles. The van der Waals surface area contributed by atoms with Gasteiger partial charge in [0.25, 0.3) is 0 Å². The monoisotopic (exact) mass is 436 g/mol. The van der Waals surface area contributed by atoms with Crippen LogP contribution >= 0.6 is 0 Å². The standard InChI is InChI=1S/C29H28N2O2/c1-29(2,3)28(32)33-20-26(24-18-19-30-25-17-11-10-16-23(24)25)31-27(21-12-6-4-7-13-21)22-14-8-5-9-15-22/h4-19,26H,20H2,1-3H3. The predicted molar refractivity (Wildman–Crippen MR) is 133 cm³/mol. The van der Waals surface area contributed by atoms with Crippen LogP contribution < -0.4 is 0 Å². The third-order valence-corrected chi connectivity index (χ3v) is 5.41. The van der Waals surface area contributed by atoms with Crippen LogP contribution in [0.3, 0.4) is 0 Å². The molecule has 0 aliphatic rings. The summed E-state index contributed by atoms with van der Waals surface area (Å²) in [6.45, 7) is 5.71. The molecule has 0 saturated carbocycles. The fourth-order valence-electron chi connectivity index (χ4n) is 3.64. The zero-order chi connectivity index (χ0) is 23.3. The van der Waals surface area contributed by atoms with Crippen molar-refractivity contribution >= 4 is 22.6 Å². The number of pyridine rings is 1. The molecule has 4 nitrogen and oxygen atoms in total. The molecule has 3 aromatic carbocycles. The Morgan fingerprint density at radius 2 is 1.42 bits per heavy atom. The van der Waals surface area contributed by atoms with Gasteiger partial charge in [0.15, 0.2) is 0 Å². The molecule has 0 amide bonds. The Morgan fingerprint density at radius 1 is 0.848 bits per heavy atom. The topological polar surface area (TPSA) is 51.5 Å². The average molecular weight is 437 g/mol. The molecule has 4 rings (SSSR count). The van der Waals surface area contributed by atoms with Crippen molar-refractivity contribution < 1.29 is 9.53 Å². The van der Waals surface area contributed by atoms with Crippen LogP contribution in [0.4, 0.5) is 0 Å². The maximum Gasteiger partial charge on any atom is 0.311 e. The highest BCUT2D eigenvalue weighted by Crippen LogP contribution is 2.28. The molecule has 1 heterocycles. The first-order valence-electron chi connectivity index (χ1n) is 11.1. The number of ether oxygens (including phenoxy) is 1. The first kappa shape index (κ1) is 22.4. The number of aromatic nitrogens is 1. The van der Waals surface area contributed by atoms with Crippen molar-refractivity contribution in [1.82, 2.24) is 4.98 Å². The van der Waals surface area contributed by atoms with Crippen molar-refractivity contribution in [1.29, 1.82) is 0 Å². The van der Waals surface area contributed by atoms with Gasteiger partial charge in [-0.05, 0) is 38.5 Å². The third kappa shape index (κ3) is 5.35. The molecule has 0 aliphatic carbocycles. The highest BCUT2D eigenvalue weighted by atomic mass is 16.5. The summed E-state index contributed by atoms with van der Waals surface area (Å²) in [5, 5.41) is 1.00. The van der Waals surface area contributed by atoms with Gasteiger partial charge < -0.3 is 4.74 Å². The minimum atomic E-state index is -0.587. The molecular formula is C29H28N2O2. The van der Waals surface area contributed by atoms with E-state index in [-0.39, 0.29) is 18.6 Å². The molecule has 0 fully saturated rings. The highest BCUT2D eigenvalue weighted by molar-refractivity contribution is 6.13. The quantitative estimate of drug-likeness (QED) is 0.259. The van der Waals surface area contributed by atoms with Gasteiger partial charge in [0.05, 0.1) is 16.6 Å². The number of nitrogens with zero attached hydrogens (tertiary/aromatic N) is 2. The van der Waals surface area contributed by atoms with Gasteiger partial charge >= 0.3 is 5.97 Å². The summed E-state index contributed by atoms with van der Waals surface area (Å²) in [5.74, 6) is -0.248. The summed E-state index contributed by atoms with van der Waals surface area (Å²) in [6.07, 6.45) is 1.79. The van der Waals surface area contributed by atoms with Crippen molar-refractivity contribution in [3.63, 3.8) is 0 Å². The lowest BCUT2D eigenvalue weighted by Gasteiger charge is -2.21. The van der Waals surface area contributed by atoms with Crippen molar-refractivity contribution in [2.24, 2.45) is 10.4 Å². The van der Waals surface area contributed by atoms with Crippen molar-refractivity contribution in [2.75, 3.05) is 6.61 Å². The van der Waals surface area contributed by atoms with Crippen LogP contribution in [0.25, 0.3) is 10.9 Å². The first-order chi connectivity index (χ1) is 15.9. The number of benzene rings is 3. The van der Waals surface area contributed by atoms with Crippen LogP contribution in [0.15, 0.2) is 102 Å². The number of esters is 1. The molecule has 1 atom stereocenters. The van der Waals surface area contributed by atoms with Gasteiger partial charge in [-0.1, -0.05) is 78.9 Å². The van der Waals surface area contributed by atoms with Crippen LogP contribution in [0.1, 0.15) is 43.5 Å². The number of carbonyl (C=O) groups is 1. The van der Waals surface area contributed by atoms with Crippen LogP contribution in [0, 0.1) is 5.41 Å². The lowest BCUT2D eigenvalue weighted by atomic mass is 9.97. The summed E-state index contributed by atoms with van der Waals surface area (Å²) >= 11 is 0. The zero-order valence-electron chi connectivity index (χ0n) is 19.2. The Hall–Kier alpha value is -3.79. The second kappa shape index (κ2) is 9.78. The van der Waals surface area contributed by atoms with E-state index in [0.29, 0.717) is 0 Å². The van der Waals surface area contributed by atoms with Crippen LogP contribution in [0.5, 0.6) is 0 Å². The summed E-state index contributed by atoms with van der Waals surface area (Å²) in [7, 11) is 0. The summed E-state index contributed by atoms with van der Waals surface area (Å²) in [5.41, 5.74) is 4.15. The number of fused-ring (bicyclic) bond motifs is 1. The van der Waals surface area contributed by atoms with Crippen LogP contribution in [-0.4, -0.2) is 23.3 Å². The molecule has 0 radical (unpaired) electrons. The smallest absolute Gasteiger partial charge is 0.311 e.